The molecule has 19 heavy (non-hydrogen) atoms. The van der Waals surface area contributed by atoms with Crippen LogP contribution in [0.25, 0.3) is 0 Å². The molecular formula is C13H24N4O2. The van der Waals surface area contributed by atoms with E-state index in [1.165, 1.54) is 0 Å². The van der Waals surface area contributed by atoms with Crippen LogP contribution in [-0.4, -0.2) is 36.2 Å². The number of aryl methyl sites for hydroxylation is 2. The summed E-state index contributed by atoms with van der Waals surface area (Å²) in [6, 6.07) is 0. The molecular weight excluding hydrogens is 244 g/mol. The van der Waals surface area contributed by atoms with Gasteiger partial charge in [-0.3, -0.25) is 4.79 Å². The maximum atomic E-state index is 11.5. The molecule has 0 saturated carbocycles. The molecule has 1 aromatic rings. The molecule has 0 saturated heterocycles. The Bertz CT molecular complexity index is 365. The lowest BCUT2D eigenvalue weighted by Gasteiger charge is -2.03. The first-order valence-corrected chi connectivity index (χ1v) is 6.99. The Labute approximate surface area is 114 Å². The Kier molecular flexibility index (Phi) is 7.81. The Balaban J connectivity index is 2.10. The summed E-state index contributed by atoms with van der Waals surface area (Å²) in [6.45, 7) is 3.72. The lowest BCUT2D eigenvalue weighted by Crippen LogP contribution is -2.26. The van der Waals surface area contributed by atoms with Crippen molar-refractivity contribution in [3.8, 4) is 0 Å². The van der Waals surface area contributed by atoms with Gasteiger partial charge in [0.05, 0.1) is 0 Å². The van der Waals surface area contributed by atoms with Crippen molar-refractivity contribution < 1.29 is 9.32 Å². The molecule has 2 N–H and O–H groups in total. The van der Waals surface area contributed by atoms with Crippen molar-refractivity contribution in [3.05, 3.63) is 11.7 Å². The van der Waals surface area contributed by atoms with Crippen molar-refractivity contribution in [3.63, 3.8) is 0 Å². The van der Waals surface area contributed by atoms with Crippen LogP contribution in [0.15, 0.2) is 4.52 Å². The van der Waals surface area contributed by atoms with Crippen LogP contribution in [0, 0.1) is 0 Å². The highest BCUT2D eigenvalue weighted by atomic mass is 16.5. The van der Waals surface area contributed by atoms with E-state index in [9.17, 15) is 4.79 Å². The molecule has 0 aliphatic carbocycles. The second-order valence-corrected chi connectivity index (χ2v) is 4.51. The number of nitrogens with zero attached hydrogens (tertiary/aromatic N) is 2. The van der Waals surface area contributed by atoms with E-state index in [4.69, 9.17) is 4.52 Å². The first-order chi connectivity index (χ1) is 9.26. The van der Waals surface area contributed by atoms with Gasteiger partial charge in [-0.1, -0.05) is 12.1 Å². The summed E-state index contributed by atoms with van der Waals surface area (Å²) in [4.78, 5) is 15.8. The van der Waals surface area contributed by atoms with E-state index < -0.39 is 0 Å². The minimum Gasteiger partial charge on any atom is -0.356 e. The minimum absolute atomic E-state index is 0.0874. The number of carbonyl (C=O) groups is 1. The topological polar surface area (TPSA) is 80.0 Å². The molecule has 0 spiro atoms. The van der Waals surface area contributed by atoms with Gasteiger partial charge in [0.25, 0.3) is 0 Å². The highest BCUT2D eigenvalue weighted by Gasteiger charge is 2.07. The number of aromatic nitrogens is 2. The number of carbonyl (C=O) groups excluding carboxylic acids is 1. The van der Waals surface area contributed by atoms with Gasteiger partial charge in [-0.05, 0) is 32.9 Å². The van der Waals surface area contributed by atoms with Crippen molar-refractivity contribution in [1.29, 1.82) is 0 Å². The normalized spacial score (nSPS) is 10.6. The molecule has 6 nitrogen and oxygen atoms in total. The van der Waals surface area contributed by atoms with Crippen LogP contribution in [0.1, 0.15) is 44.3 Å². The fourth-order valence-electron chi connectivity index (χ4n) is 1.70. The Morgan fingerprint density at radius 2 is 2.11 bits per heavy atom. The van der Waals surface area contributed by atoms with Gasteiger partial charge in [-0.25, -0.2) is 0 Å². The van der Waals surface area contributed by atoms with E-state index in [0.717, 1.165) is 44.6 Å². The molecule has 0 fully saturated rings. The van der Waals surface area contributed by atoms with Crippen LogP contribution in [0.2, 0.25) is 0 Å². The summed E-state index contributed by atoms with van der Waals surface area (Å²) in [5.74, 6) is 1.48. The summed E-state index contributed by atoms with van der Waals surface area (Å²) in [6.07, 6.45) is 4.72. The predicted molar refractivity (Wildman–Crippen MR) is 72.8 cm³/mol. The molecule has 0 aromatic carbocycles. The molecule has 0 radical (unpaired) electrons. The second-order valence-electron chi connectivity index (χ2n) is 4.51. The molecule has 1 amide bonds. The molecule has 1 heterocycles. The van der Waals surface area contributed by atoms with Crippen LogP contribution in [0.3, 0.4) is 0 Å². The van der Waals surface area contributed by atoms with Gasteiger partial charge in [0.2, 0.25) is 11.8 Å². The standard InChI is InChI=1S/C13H24N4O2/c1-3-6-11-16-13(19-17-11)8-4-7-12(18)15-10-5-9-14-2/h14H,3-10H2,1-2H3,(H,15,18). The molecule has 1 rings (SSSR count). The highest BCUT2D eigenvalue weighted by Crippen LogP contribution is 2.04. The fourth-order valence-corrected chi connectivity index (χ4v) is 1.70. The Morgan fingerprint density at radius 1 is 1.26 bits per heavy atom. The van der Waals surface area contributed by atoms with E-state index in [-0.39, 0.29) is 5.91 Å². The molecule has 0 bridgehead atoms. The molecule has 0 unspecified atom stereocenters. The molecule has 0 aliphatic rings. The zero-order valence-corrected chi connectivity index (χ0v) is 11.9. The fraction of sp³-hybridized carbons (Fsp3) is 0.769. The van der Waals surface area contributed by atoms with Crippen molar-refractivity contribution in [2.45, 2.75) is 45.4 Å². The van der Waals surface area contributed by atoms with E-state index in [2.05, 4.69) is 27.7 Å². The van der Waals surface area contributed by atoms with Gasteiger partial charge >= 0.3 is 0 Å². The van der Waals surface area contributed by atoms with Crippen molar-refractivity contribution in [2.75, 3.05) is 20.1 Å². The van der Waals surface area contributed by atoms with Gasteiger partial charge in [0, 0.05) is 25.8 Å². The minimum atomic E-state index is 0.0874. The third kappa shape index (κ3) is 6.91. The maximum absolute atomic E-state index is 11.5. The van der Waals surface area contributed by atoms with Crippen molar-refractivity contribution in [1.82, 2.24) is 20.8 Å². The van der Waals surface area contributed by atoms with Gasteiger partial charge in [0.1, 0.15) is 0 Å². The van der Waals surface area contributed by atoms with Crippen LogP contribution in [0.4, 0.5) is 0 Å². The maximum Gasteiger partial charge on any atom is 0.226 e. The average molecular weight is 268 g/mol. The first kappa shape index (κ1) is 15.6. The Morgan fingerprint density at radius 3 is 2.84 bits per heavy atom. The van der Waals surface area contributed by atoms with E-state index in [1.54, 1.807) is 0 Å². The van der Waals surface area contributed by atoms with Crippen LogP contribution < -0.4 is 10.6 Å². The average Bonchev–Trinajstić information content (AvgIpc) is 2.83. The largest absolute Gasteiger partial charge is 0.356 e. The number of nitrogens with one attached hydrogen (secondary N) is 2. The summed E-state index contributed by atoms with van der Waals surface area (Å²) in [7, 11) is 1.90. The van der Waals surface area contributed by atoms with E-state index >= 15 is 0 Å². The van der Waals surface area contributed by atoms with Crippen LogP contribution in [-0.2, 0) is 17.6 Å². The third-order valence-electron chi connectivity index (χ3n) is 2.70. The number of amides is 1. The summed E-state index contributed by atoms with van der Waals surface area (Å²) in [5, 5.41) is 9.80. The van der Waals surface area contributed by atoms with E-state index in [0.29, 0.717) is 18.7 Å². The molecule has 0 aliphatic heterocycles. The SMILES string of the molecule is CCCc1noc(CCCC(=O)NCCCNC)n1. The molecule has 108 valence electrons. The Hall–Kier alpha value is -1.43. The predicted octanol–water partition coefficient (Wildman–Crippen LogP) is 1.07. The van der Waals surface area contributed by atoms with E-state index in [1.807, 2.05) is 7.05 Å². The summed E-state index contributed by atoms with van der Waals surface area (Å²) < 4.78 is 5.11. The lowest BCUT2D eigenvalue weighted by atomic mass is 10.2. The lowest BCUT2D eigenvalue weighted by molar-refractivity contribution is -0.121. The zero-order chi connectivity index (χ0) is 13.9. The molecule has 0 atom stereocenters. The summed E-state index contributed by atoms with van der Waals surface area (Å²) in [5.41, 5.74) is 0. The van der Waals surface area contributed by atoms with Crippen LogP contribution >= 0.6 is 0 Å². The molecule has 6 heteroatoms. The van der Waals surface area contributed by atoms with Crippen molar-refractivity contribution in [2.24, 2.45) is 0 Å². The van der Waals surface area contributed by atoms with Crippen LogP contribution in [0.5, 0.6) is 0 Å². The van der Waals surface area contributed by atoms with Gasteiger partial charge in [-0.15, -0.1) is 0 Å². The smallest absolute Gasteiger partial charge is 0.226 e. The second kappa shape index (κ2) is 9.49. The zero-order valence-electron chi connectivity index (χ0n) is 11.9. The molecule has 1 aromatic heterocycles. The number of rotatable bonds is 10. The van der Waals surface area contributed by atoms with Gasteiger partial charge in [-0.2, -0.15) is 4.98 Å². The van der Waals surface area contributed by atoms with Gasteiger partial charge in [0.15, 0.2) is 5.82 Å². The number of hydrogen-bond donors (Lipinski definition) is 2. The quantitative estimate of drug-likeness (QED) is 0.620. The summed E-state index contributed by atoms with van der Waals surface area (Å²) >= 11 is 0. The van der Waals surface area contributed by atoms with Gasteiger partial charge < -0.3 is 15.2 Å². The number of hydrogen-bond acceptors (Lipinski definition) is 5. The first-order valence-electron chi connectivity index (χ1n) is 6.99. The third-order valence-corrected chi connectivity index (χ3v) is 2.70. The monoisotopic (exact) mass is 268 g/mol. The van der Waals surface area contributed by atoms with Crippen molar-refractivity contribution >= 4 is 5.91 Å². The highest BCUT2D eigenvalue weighted by molar-refractivity contribution is 5.75.